The van der Waals surface area contributed by atoms with Gasteiger partial charge in [-0.1, -0.05) is 0 Å². The minimum Gasteiger partial charge on any atom is -0.483 e. The molecule has 1 amide bonds. The molecule has 0 unspecified atom stereocenters. The Morgan fingerprint density at radius 2 is 1.92 bits per heavy atom. The van der Waals surface area contributed by atoms with Crippen molar-refractivity contribution in [1.82, 2.24) is 9.62 Å². The number of sulfonamides is 1. The third-order valence-electron chi connectivity index (χ3n) is 3.91. The molecule has 1 heterocycles. The highest BCUT2D eigenvalue weighted by Crippen LogP contribution is 2.22. The fourth-order valence-electron chi connectivity index (χ4n) is 2.70. The Hall–Kier alpha value is -1.60. The maximum Gasteiger partial charge on any atom is 0.260 e. The first kappa shape index (κ1) is 18.7. The van der Waals surface area contributed by atoms with Gasteiger partial charge in [-0.3, -0.25) is 4.79 Å². The normalized spacial score (nSPS) is 15.6. The number of likely N-dealkylation sites (tertiary alicyclic amines) is 1. The minimum atomic E-state index is -3.53. The lowest BCUT2D eigenvalue weighted by Crippen LogP contribution is -2.38. The van der Waals surface area contributed by atoms with Crippen LogP contribution in [0.4, 0.5) is 0 Å². The third kappa shape index (κ3) is 4.95. The molecule has 6 nitrogen and oxygen atoms in total. The van der Waals surface area contributed by atoms with Gasteiger partial charge < -0.3 is 9.64 Å². The van der Waals surface area contributed by atoms with Gasteiger partial charge in [0.25, 0.3) is 5.91 Å². The van der Waals surface area contributed by atoms with Crippen molar-refractivity contribution < 1.29 is 17.9 Å². The molecular formula is C17H26N2O4S. The Morgan fingerprint density at radius 1 is 1.25 bits per heavy atom. The first-order chi connectivity index (χ1) is 11.3. The highest BCUT2D eigenvalue weighted by molar-refractivity contribution is 7.89. The number of piperidine rings is 1. The van der Waals surface area contributed by atoms with E-state index in [0.717, 1.165) is 25.9 Å². The number of carbonyl (C=O) groups is 1. The summed E-state index contributed by atoms with van der Waals surface area (Å²) in [5.74, 6) is 0.510. The number of amides is 1. The largest absolute Gasteiger partial charge is 0.483 e. The maximum atomic E-state index is 12.2. The second kappa shape index (κ2) is 7.98. The molecular weight excluding hydrogens is 328 g/mol. The summed E-state index contributed by atoms with van der Waals surface area (Å²) in [6, 6.07) is 4.49. The van der Waals surface area contributed by atoms with E-state index in [1.807, 2.05) is 4.90 Å². The van der Waals surface area contributed by atoms with Crippen molar-refractivity contribution in [3.05, 3.63) is 23.8 Å². The van der Waals surface area contributed by atoms with Crippen LogP contribution in [0.1, 0.15) is 38.7 Å². The summed E-state index contributed by atoms with van der Waals surface area (Å²) >= 11 is 0. The zero-order valence-corrected chi connectivity index (χ0v) is 15.4. The molecule has 0 saturated carbocycles. The molecule has 1 saturated heterocycles. The van der Waals surface area contributed by atoms with E-state index < -0.39 is 10.0 Å². The molecule has 24 heavy (non-hydrogen) atoms. The van der Waals surface area contributed by atoms with Crippen LogP contribution in [0, 0.1) is 6.92 Å². The monoisotopic (exact) mass is 354 g/mol. The summed E-state index contributed by atoms with van der Waals surface area (Å²) in [5, 5.41) is 0. The molecule has 134 valence electrons. The van der Waals surface area contributed by atoms with Gasteiger partial charge in [0, 0.05) is 19.1 Å². The standard InChI is InChI=1S/C17H26N2O4S/c1-13(2)18-24(21,22)15-7-8-16(14(3)11-15)23-12-17(20)19-9-5-4-6-10-19/h7-8,11,13,18H,4-6,9-10,12H2,1-3H3. The van der Waals surface area contributed by atoms with Crippen LogP contribution in [-0.4, -0.2) is 45.0 Å². The van der Waals surface area contributed by atoms with Crippen LogP contribution in [0.3, 0.4) is 0 Å². The molecule has 7 heteroatoms. The Balaban J connectivity index is 2.01. The third-order valence-corrected chi connectivity index (χ3v) is 5.56. The number of ether oxygens (including phenoxy) is 1. The molecule has 1 aromatic rings. The zero-order valence-electron chi connectivity index (χ0n) is 14.5. The van der Waals surface area contributed by atoms with Crippen LogP contribution in [0.5, 0.6) is 5.75 Å². The van der Waals surface area contributed by atoms with E-state index >= 15 is 0 Å². The molecule has 1 N–H and O–H groups in total. The van der Waals surface area contributed by atoms with Gasteiger partial charge in [-0.25, -0.2) is 13.1 Å². The van der Waals surface area contributed by atoms with Crippen molar-refractivity contribution >= 4 is 15.9 Å². The summed E-state index contributed by atoms with van der Waals surface area (Å²) < 4.78 is 32.5. The molecule has 0 atom stereocenters. The number of aryl methyl sites for hydroxylation is 1. The average Bonchev–Trinajstić information content (AvgIpc) is 2.53. The molecule has 1 aliphatic rings. The zero-order chi connectivity index (χ0) is 17.7. The fraction of sp³-hybridized carbons (Fsp3) is 0.588. The van der Waals surface area contributed by atoms with Crippen molar-refractivity contribution in [1.29, 1.82) is 0 Å². The van der Waals surface area contributed by atoms with Crippen LogP contribution < -0.4 is 9.46 Å². The van der Waals surface area contributed by atoms with Gasteiger partial charge in [-0.05, 0) is 63.8 Å². The summed E-state index contributed by atoms with van der Waals surface area (Å²) in [7, 11) is -3.53. The van der Waals surface area contributed by atoms with Gasteiger partial charge in [-0.2, -0.15) is 0 Å². The van der Waals surface area contributed by atoms with E-state index in [4.69, 9.17) is 4.74 Å². The van der Waals surface area contributed by atoms with E-state index in [2.05, 4.69) is 4.72 Å². The summed E-state index contributed by atoms with van der Waals surface area (Å²) in [6.45, 7) is 6.88. The number of carbonyl (C=O) groups excluding carboxylic acids is 1. The van der Waals surface area contributed by atoms with Gasteiger partial charge in [-0.15, -0.1) is 0 Å². The number of nitrogens with one attached hydrogen (secondary N) is 1. The number of rotatable bonds is 6. The first-order valence-corrected chi connectivity index (χ1v) is 9.81. The molecule has 0 radical (unpaired) electrons. The molecule has 1 aromatic carbocycles. The van der Waals surface area contributed by atoms with Crippen LogP contribution in [0.25, 0.3) is 0 Å². The average molecular weight is 354 g/mol. The van der Waals surface area contributed by atoms with E-state index in [-0.39, 0.29) is 23.5 Å². The SMILES string of the molecule is Cc1cc(S(=O)(=O)NC(C)C)ccc1OCC(=O)N1CCCCC1. The number of benzene rings is 1. The quantitative estimate of drug-likeness (QED) is 0.848. The van der Waals surface area contributed by atoms with E-state index in [1.54, 1.807) is 32.9 Å². The van der Waals surface area contributed by atoms with Crippen molar-refractivity contribution in [2.45, 2.75) is 51.0 Å². The second-order valence-corrected chi connectivity index (χ2v) is 8.15. The maximum absolute atomic E-state index is 12.2. The van der Waals surface area contributed by atoms with Crippen molar-refractivity contribution in [3.8, 4) is 5.75 Å². The lowest BCUT2D eigenvalue weighted by Gasteiger charge is -2.26. The molecule has 2 rings (SSSR count). The van der Waals surface area contributed by atoms with Crippen LogP contribution in [-0.2, 0) is 14.8 Å². The van der Waals surface area contributed by atoms with Gasteiger partial charge in [0.1, 0.15) is 5.75 Å². The van der Waals surface area contributed by atoms with Crippen molar-refractivity contribution in [3.63, 3.8) is 0 Å². The number of nitrogens with zero attached hydrogens (tertiary/aromatic N) is 1. The van der Waals surface area contributed by atoms with Crippen molar-refractivity contribution in [2.24, 2.45) is 0 Å². The topological polar surface area (TPSA) is 75.7 Å². The van der Waals surface area contributed by atoms with Gasteiger partial charge in [0.2, 0.25) is 10.0 Å². The van der Waals surface area contributed by atoms with Crippen molar-refractivity contribution in [2.75, 3.05) is 19.7 Å². The molecule has 0 aliphatic carbocycles. The van der Waals surface area contributed by atoms with E-state index in [1.165, 1.54) is 12.5 Å². The Bertz CT molecular complexity index is 680. The summed E-state index contributed by atoms with van der Waals surface area (Å²) in [6.07, 6.45) is 3.25. The summed E-state index contributed by atoms with van der Waals surface area (Å²) in [4.78, 5) is 14.1. The molecule has 0 spiro atoms. The minimum absolute atomic E-state index is 0.0167. The van der Waals surface area contributed by atoms with Gasteiger partial charge in [0.15, 0.2) is 6.61 Å². The molecule has 0 aromatic heterocycles. The predicted octanol–water partition coefficient (Wildman–Crippen LogP) is 2.07. The molecule has 1 aliphatic heterocycles. The van der Waals surface area contributed by atoms with Crippen LogP contribution >= 0.6 is 0 Å². The van der Waals surface area contributed by atoms with E-state index in [9.17, 15) is 13.2 Å². The molecule has 0 bridgehead atoms. The Kier molecular flexibility index (Phi) is 6.23. The number of hydrogen-bond acceptors (Lipinski definition) is 4. The van der Waals surface area contributed by atoms with E-state index in [0.29, 0.717) is 11.3 Å². The lowest BCUT2D eigenvalue weighted by atomic mass is 10.1. The smallest absolute Gasteiger partial charge is 0.260 e. The highest BCUT2D eigenvalue weighted by atomic mass is 32.2. The van der Waals surface area contributed by atoms with Gasteiger partial charge in [0.05, 0.1) is 4.90 Å². The van der Waals surface area contributed by atoms with Crippen LogP contribution in [0.2, 0.25) is 0 Å². The fourth-order valence-corrected chi connectivity index (χ4v) is 4.04. The Labute approximate surface area is 144 Å². The first-order valence-electron chi connectivity index (χ1n) is 8.33. The molecule has 1 fully saturated rings. The number of hydrogen-bond donors (Lipinski definition) is 1. The predicted molar refractivity (Wildman–Crippen MR) is 92.6 cm³/mol. The second-order valence-electron chi connectivity index (χ2n) is 6.43. The Morgan fingerprint density at radius 3 is 2.50 bits per heavy atom. The highest BCUT2D eigenvalue weighted by Gasteiger charge is 2.19. The van der Waals surface area contributed by atoms with Crippen LogP contribution in [0.15, 0.2) is 23.1 Å². The lowest BCUT2D eigenvalue weighted by molar-refractivity contribution is -0.134. The summed E-state index contributed by atoms with van der Waals surface area (Å²) in [5.41, 5.74) is 0.688. The van der Waals surface area contributed by atoms with Gasteiger partial charge >= 0.3 is 0 Å².